The molecular formula is C24H27FN6. The molecule has 0 unspecified atom stereocenters. The molecule has 6 nitrogen and oxygen atoms in total. The van der Waals surface area contributed by atoms with Crippen LogP contribution in [-0.4, -0.2) is 36.8 Å². The predicted molar refractivity (Wildman–Crippen MR) is 121 cm³/mol. The number of rotatable bonds is 7. The first-order valence-corrected chi connectivity index (χ1v) is 10.8. The summed E-state index contributed by atoms with van der Waals surface area (Å²) in [6.07, 6.45) is 12.4. The highest BCUT2D eigenvalue weighted by Crippen LogP contribution is 2.32. The highest BCUT2D eigenvalue weighted by atomic mass is 19.1. The minimum absolute atomic E-state index is 0.186. The van der Waals surface area contributed by atoms with Crippen molar-refractivity contribution in [1.82, 2.24) is 29.9 Å². The van der Waals surface area contributed by atoms with Gasteiger partial charge in [-0.05, 0) is 37.5 Å². The summed E-state index contributed by atoms with van der Waals surface area (Å²) < 4.78 is 15.7. The van der Waals surface area contributed by atoms with Gasteiger partial charge in [0.15, 0.2) is 0 Å². The Morgan fingerprint density at radius 1 is 1.35 bits per heavy atom. The maximum Gasteiger partial charge on any atom is 0.141 e. The molecule has 7 heteroatoms. The smallest absolute Gasteiger partial charge is 0.141 e. The van der Waals surface area contributed by atoms with Crippen molar-refractivity contribution >= 4 is 22.2 Å². The lowest BCUT2D eigenvalue weighted by Gasteiger charge is -2.24. The molecular weight excluding hydrogens is 391 g/mol. The maximum absolute atomic E-state index is 13.9. The lowest BCUT2D eigenvalue weighted by atomic mass is 9.83. The van der Waals surface area contributed by atoms with Crippen molar-refractivity contribution in [3.05, 3.63) is 54.9 Å². The number of nitrogens with zero attached hydrogens (tertiary/aromatic N) is 4. The molecule has 1 aliphatic carbocycles. The summed E-state index contributed by atoms with van der Waals surface area (Å²) in [7, 11) is 0. The highest BCUT2D eigenvalue weighted by molar-refractivity contribution is 5.94. The van der Waals surface area contributed by atoms with Gasteiger partial charge < -0.3 is 10.3 Å². The zero-order valence-corrected chi connectivity index (χ0v) is 18.0. The zero-order chi connectivity index (χ0) is 21.6. The van der Waals surface area contributed by atoms with Crippen LogP contribution >= 0.6 is 0 Å². The molecule has 0 radical (unpaired) electrons. The molecule has 1 saturated carbocycles. The van der Waals surface area contributed by atoms with Crippen LogP contribution in [-0.2, 0) is 6.42 Å². The average molecular weight is 419 g/mol. The largest absolute Gasteiger partial charge is 0.382 e. The van der Waals surface area contributed by atoms with Gasteiger partial charge in [-0.25, -0.2) is 18.9 Å². The van der Waals surface area contributed by atoms with Crippen LogP contribution in [0.2, 0.25) is 0 Å². The molecule has 0 spiro atoms. The number of pyridine rings is 1. The van der Waals surface area contributed by atoms with E-state index in [1.54, 1.807) is 10.7 Å². The van der Waals surface area contributed by atoms with Gasteiger partial charge in [-0.15, -0.1) is 0 Å². The van der Waals surface area contributed by atoms with Crippen LogP contribution in [0.25, 0.3) is 33.4 Å². The normalized spacial score (nSPS) is 14.8. The van der Waals surface area contributed by atoms with Gasteiger partial charge in [-0.2, -0.15) is 5.10 Å². The Morgan fingerprint density at radius 3 is 2.94 bits per heavy atom. The lowest BCUT2D eigenvalue weighted by Crippen LogP contribution is -2.29. The van der Waals surface area contributed by atoms with E-state index in [1.807, 2.05) is 24.7 Å². The molecule has 0 aliphatic heterocycles. The van der Waals surface area contributed by atoms with Crippen LogP contribution < -0.4 is 5.32 Å². The zero-order valence-electron chi connectivity index (χ0n) is 18.0. The molecule has 0 atom stereocenters. The quantitative estimate of drug-likeness (QED) is 0.447. The first kappa shape index (κ1) is 19.7. The topological polar surface area (TPSA) is 70.9 Å². The fraction of sp³-hybridized carbons (Fsp3) is 0.375. The highest BCUT2D eigenvalue weighted by Gasteiger charge is 2.20. The second-order valence-electron chi connectivity index (χ2n) is 9.11. The number of hydrogen-bond acceptors (Lipinski definition) is 4. The van der Waals surface area contributed by atoms with E-state index in [0.29, 0.717) is 5.70 Å². The minimum Gasteiger partial charge on any atom is -0.382 e. The van der Waals surface area contributed by atoms with E-state index in [0.717, 1.165) is 51.4 Å². The molecule has 0 amide bonds. The van der Waals surface area contributed by atoms with E-state index >= 15 is 0 Å². The number of hydrogen-bond donors (Lipinski definition) is 2. The molecule has 5 rings (SSSR count). The van der Waals surface area contributed by atoms with Gasteiger partial charge in [0.1, 0.15) is 17.1 Å². The lowest BCUT2D eigenvalue weighted by molar-refractivity contribution is 0.219. The Labute approximate surface area is 180 Å². The molecule has 0 aromatic carbocycles. The molecule has 4 heterocycles. The van der Waals surface area contributed by atoms with Gasteiger partial charge in [-0.1, -0.05) is 25.8 Å². The summed E-state index contributed by atoms with van der Waals surface area (Å²) in [5.74, 6) is 1.65. The monoisotopic (exact) mass is 418 g/mol. The third-order valence-corrected chi connectivity index (χ3v) is 6.06. The second kappa shape index (κ2) is 7.48. The van der Waals surface area contributed by atoms with Crippen molar-refractivity contribution in [2.45, 2.75) is 45.2 Å². The average Bonchev–Trinajstić information content (AvgIpc) is 3.31. The summed E-state index contributed by atoms with van der Waals surface area (Å²) in [5.41, 5.74) is 4.04. The van der Waals surface area contributed by atoms with Crippen LogP contribution in [0, 0.1) is 5.92 Å². The van der Waals surface area contributed by atoms with Crippen LogP contribution in [0.4, 0.5) is 4.39 Å². The SMILES string of the molecule is C=C(NCC(C)(C)F)c1cnn2ccc(-c3c[nH]c4nc(CC5CCC5)ncc34)cc12. The molecule has 0 saturated heterocycles. The summed E-state index contributed by atoms with van der Waals surface area (Å²) in [6, 6.07) is 4.09. The number of fused-ring (bicyclic) bond motifs is 2. The van der Waals surface area contributed by atoms with Gasteiger partial charge in [0, 0.05) is 53.8 Å². The van der Waals surface area contributed by atoms with Crippen molar-refractivity contribution in [3.8, 4) is 11.1 Å². The van der Waals surface area contributed by atoms with Crippen LogP contribution in [0.5, 0.6) is 0 Å². The number of alkyl halides is 1. The third kappa shape index (κ3) is 3.92. The fourth-order valence-electron chi connectivity index (χ4n) is 4.03. The Hall–Kier alpha value is -3.22. The number of aromatic amines is 1. The summed E-state index contributed by atoms with van der Waals surface area (Å²) in [6.45, 7) is 7.35. The molecule has 4 aromatic heterocycles. The molecule has 0 bridgehead atoms. The fourth-order valence-corrected chi connectivity index (χ4v) is 4.03. The second-order valence-corrected chi connectivity index (χ2v) is 9.11. The molecule has 2 N–H and O–H groups in total. The first-order chi connectivity index (χ1) is 14.9. The van der Waals surface area contributed by atoms with Gasteiger partial charge in [-0.3, -0.25) is 0 Å². The van der Waals surface area contributed by atoms with Crippen molar-refractivity contribution in [3.63, 3.8) is 0 Å². The Bertz CT molecular complexity index is 1260. The van der Waals surface area contributed by atoms with Crippen LogP contribution in [0.1, 0.15) is 44.5 Å². The third-order valence-electron chi connectivity index (χ3n) is 6.06. The Balaban J connectivity index is 1.46. The minimum atomic E-state index is -1.32. The van der Waals surface area contributed by atoms with Crippen LogP contribution in [0.15, 0.2) is 43.5 Å². The van der Waals surface area contributed by atoms with Crippen molar-refractivity contribution in [2.24, 2.45) is 5.92 Å². The van der Waals surface area contributed by atoms with Crippen LogP contribution in [0.3, 0.4) is 0 Å². The van der Waals surface area contributed by atoms with Crippen molar-refractivity contribution in [2.75, 3.05) is 6.54 Å². The summed E-state index contributed by atoms with van der Waals surface area (Å²) in [5, 5.41) is 8.49. The number of nitrogens with one attached hydrogen (secondary N) is 2. The van der Waals surface area contributed by atoms with Gasteiger partial charge in [0.2, 0.25) is 0 Å². The van der Waals surface area contributed by atoms with E-state index in [4.69, 9.17) is 4.98 Å². The first-order valence-electron chi connectivity index (χ1n) is 10.8. The Kier molecular flexibility index (Phi) is 4.76. The van der Waals surface area contributed by atoms with Gasteiger partial charge in [0.25, 0.3) is 0 Å². The van der Waals surface area contributed by atoms with E-state index in [-0.39, 0.29) is 6.54 Å². The molecule has 1 fully saturated rings. The van der Waals surface area contributed by atoms with E-state index in [1.165, 1.54) is 33.1 Å². The van der Waals surface area contributed by atoms with Gasteiger partial charge >= 0.3 is 0 Å². The van der Waals surface area contributed by atoms with E-state index in [2.05, 4.69) is 33.0 Å². The van der Waals surface area contributed by atoms with E-state index < -0.39 is 5.67 Å². The van der Waals surface area contributed by atoms with Crippen molar-refractivity contribution in [1.29, 1.82) is 0 Å². The summed E-state index contributed by atoms with van der Waals surface area (Å²) in [4.78, 5) is 12.7. The Morgan fingerprint density at radius 2 is 2.19 bits per heavy atom. The molecule has 1 aliphatic rings. The maximum atomic E-state index is 13.9. The number of halogens is 1. The van der Waals surface area contributed by atoms with E-state index in [9.17, 15) is 4.39 Å². The number of aromatic nitrogens is 5. The standard InChI is InChI=1S/C24H27FN6/c1-15(28-14-24(2,3)25)18-13-29-31-8-7-17(10-21(18)31)19-11-27-23-20(19)12-26-22(30-23)9-16-5-4-6-16/h7-8,10-13,16,28H,1,4-6,9,14H2,2-3H3,(H,26,27,30). The van der Waals surface area contributed by atoms with Gasteiger partial charge in [0.05, 0.1) is 11.7 Å². The van der Waals surface area contributed by atoms with Crippen molar-refractivity contribution < 1.29 is 4.39 Å². The molecule has 31 heavy (non-hydrogen) atoms. The predicted octanol–water partition coefficient (Wildman–Crippen LogP) is 4.92. The summed E-state index contributed by atoms with van der Waals surface area (Å²) >= 11 is 0. The molecule has 4 aromatic rings. The number of H-pyrrole nitrogens is 1. The molecule has 160 valence electrons.